The monoisotopic (exact) mass is 319 g/mol. The lowest BCUT2D eigenvalue weighted by atomic mass is 10.0. The summed E-state index contributed by atoms with van der Waals surface area (Å²) in [4.78, 5) is 26.3. The van der Waals surface area contributed by atoms with Gasteiger partial charge in [0.25, 0.3) is 0 Å². The maximum absolute atomic E-state index is 12.3. The maximum atomic E-state index is 12.3. The van der Waals surface area contributed by atoms with Crippen LogP contribution in [0.15, 0.2) is 30.3 Å². The number of hydrogen-bond donors (Lipinski definition) is 2. The van der Waals surface area contributed by atoms with E-state index in [0.717, 1.165) is 18.5 Å². The van der Waals surface area contributed by atoms with Crippen LogP contribution in [0.4, 0.5) is 0 Å². The number of carbonyl (C=O) groups is 2. The molecule has 0 aliphatic carbocycles. The van der Waals surface area contributed by atoms with Crippen molar-refractivity contribution < 1.29 is 9.59 Å². The quantitative estimate of drug-likeness (QED) is 0.819. The minimum atomic E-state index is -0.744. The second kappa shape index (κ2) is 5.59. The molecule has 3 rings (SSSR count). The number of nitrogens with one attached hydrogen (secondary N) is 1. The van der Waals surface area contributed by atoms with Crippen molar-refractivity contribution in [1.29, 1.82) is 0 Å². The summed E-state index contributed by atoms with van der Waals surface area (Å²) in [5, 5.41) is 2.87. The van der Waals surface area contributed by atoms with Crippen molar-refractivity contribution in [3.63, 3.8) is 0 Å². The fourth-order valence-corrected chi connectivity index (χ4v) is 4.48. The Balaban J connectivity index is 1.65. The first kappa shape index (κ1) is 15.4. The lowest BCUT2D eigenvalue weighted by molar-refractivity contribution is -0.148. The van der Waals surface area contributed by atoms with Crippen LogP contribution in [0.25, 0.3) is 0 Å². The molecule has 2 heterocycles. The van der Waals surface area contributed by atoms with Crippen LogP contribution < -0.4 is 11.1 Å². The predicted octanol–water partition coefficient (Wildman–Crippen LogP) is 1.26. The number of nitrogens with two attached hydrogens (primary N) is 1. The summed E-state index contributed by atoms with van der Waals surface area (Å²) in [6, 6.07) is 8.01. The molecule has 4 atom stereocenters. The molecule has 2 aliphatic rings. The lowest BCUT2D eigenvalue weighted by Crippen LogP contribution is -2.67. The SMILES string of the molecule is CCC1(C)CN2C(=O)C(NC(=O)C(N)c3ccccc3)C2S1. The van der Waals surface area contributed by atoms with Gasteiger partial charge in [-0.25, -0.2) is 0 Å². The molecular weight excluding hydrogens is 298 g/mol. The van der Waals surface area contributed by atoms with Crippen LogP contribution in [0.1, 0.15) is 31.9 Å². The van der Waals surface area contributed by atoms with Gasteiger partial charge in [0.2, 0.25) is 11.8 Å². The third-order valence-electron chi connectivity index (χ3n) is 4.54. The summed E-state index contributed by atoms with van der Waals surface area (Å²) >= 11 is 1.77. The van der Waals surface area contributed by atoms with Crippen LogP contribution >= 0.6 is 11.8 Å². The Bertz CT molecular complexity index is 594. The van der Waals surface area contributed by atoms with E-state index in [1.807, 2.05) is 35.2 Å². The van der Waals surface area contributed by atoms with Gasteiger partial charge in [-0.2, -0.15) is 0 Å². The second-order valence-electron chi connectivity index (χ2n) is 6.15. The highest BCUT2D eigenvalue weighted by Gasteiger charge is 2.57. The molecule has 0 bridgehead atoms. The van der Waals surface area contributed by atoms with Gasteiger partial charge in [-0.1, -0.05) is 37.3 Å². The van der Waals surface area contributed by atoms with Gasteiger partial charge >= 0.3 is 0 Å². The van der Waals surface area contributed by atoms with Crippen LogP contribution in [-0.4, -0.2) is 39.4 Å². The molecule has 4 unspecified atom stereocenters. The van der Waals surface area contributed by atoms with E-state index in [9.17, 15) is 9.59 Å². The van der Waals surface area contributed by atoms with Crippen LogP contribution in [0, 0.1) is 0 Å². The number of nitrogens with zero attached hydrogens (tertiary/aromatic N) is 1. The van der Waals surface area contributed by atoms with Crippen molar-refractivity contribution in [1.82, 2.24) is 10.2 Å². The maximum Gasteiger partial charge on any atom is 0.249 e. The van der Waals surface area contributed by atoms with Gasteiger partial charge in [0, 0.05) is 11.3 Å². The molecule has 118 valence electrons. The van der Waals surface area contributed by atoms with Gasteiger partial charge in [-0.3, -0.25) is 9.59 Å². The lowest BCUT2D eigenvalue weighted by Gasteiger charge is -2.41. The average Bonchev–Trinajstić information content (AvgIpc) is 2.87. The van der Waals surface area contributed by atoms with E-state index in [0.29, 0.717) is 0 Å². The van der Waals surface area contributed by atoms with Crippen molar-refractivity contribution in [3.05, 3.63) is 35.9 Å². The fraction of sp³-hybridized carbons (Fsp3) is 0.500. The summed E-state index contributed by atoms with van der Waals surface area (Å²) < 4.78 is 0.0847. The molecule has 2 fully saturated rings. The molecule has 0 radical (unpaired) electrons. The summed E-state index contributed by atoms with van der Waals surface area (Å²) in [5.74, 6) is -0.293. The predicted molar refractivity (Wildman–Crippen MR) is 87.1 cm³/mol. The van der Waals surface area contributed by atoms with Crippen molar-refractivity contribution in [2.75, 3.05) is 6.54 Å². The summed E-state index contributed by atoms with van der Waals surface area (Å²) in [7, 11) is 0. The Morgan fingerprint density at radius 2 is 2.18 bits per heavy atom. The number of rotatable bonds is 4. The molecule has 0 aromatic heterocycles. The minimum Gasteiger partial charge on any atom is -0.340 e. The Labute approximate surface area is 134 Å². The summed E-state index contributed by atoms with van der Waals surface area (Å²) in [5.41, 5.74) is 6.73. The Morgan fingerprint density at radius 3 is 2.82 bits per heavy atom. The summed E-state index contributed by atoms with van der Waals surface area (Å²) in [6.07, 6.45) is 1.00. The van der Waals surface area contributed by atoms with E-state index in [2.05, 4.69) is 19.2 Å². The Kier molecular flexibility index (Phi) is 3.91. The van der Waals surface area contributed by atoms with E-state index in [-0.39, 0.29) is 21.9 Å². The normalized spacial score (nSPS) is 31.4. The zero-order valence-corrected chi connectivity index (χ0v) is 13.6. The van der Waals surface area contributed by atoms with Crippen LogP contribution in [0.2, 0.25) is 0 Å². The van der Waals surface area contributed by atoms with Gasteiger partial charge in [0.15, 0.2) is 0 Å². The Hall–Kier alpha value is -1.53. The molecule has 1 aromatic carbocycles. The first-order valence-corrected chi connectivity index (χ1v) is 8.42. The third kappa shape index (κ3) is 2.50. The minimum absolute atomic E-state index is 0.00304. The van der Waals surface area contributed by atoms with Crippen molar-refractivity contribution in [2.45, 2.75) is 42.5 Å². The molecule has 22 heavy (non-hydrogen) atoms. The fourth-order valence-electron chi connectivity index (χ4n) is 2.90. The molecule has 3 N–H and O–H groups in total. The zero-order chi connectivity index (χ0) is 15.9. The Morgan fingerprint density at radius 1 is 1.50 bits per heavy atom. The molecule has 2 saturated heterocycles. The topological polar surface area (TPSA) is 75.4 Å². The van der Waals surface area contributed by atoms with E-state index >= 15 is 0 Å². The second-order valence-corrected chi connectivity index (χ2v) is 7.86. The molecule has 1 aromatic rings. The standard InChI is InChI=1S/C16H21N3O2S/c1-3-16(2)9-19-14(21)12(15(19)22-16)18-13(20)11(17)10-7-5-4-6-8-10/h4-8,11-12,15H,3,9,17H2,1-2H3,(H,18,20). The number of β-lactam (4-membered cyclic amide) rings is 1. The molecule has 2 amide bonds. The van der Waals surface area contributed by atoms with Crippen molar-refractivity contribution in [2.24, 2.45) is 5.73 Å². The van der Waals surface area contributed by atoms with E-state index in [1.165, 1.54) is 0 Å². The third-order valence-corrected chi connectivity index (χ3v) is 6.29. The van der Waals surface area contributed by atoms with Crippen molar-refractivity contribution in [3.8, 4) is 0 Å². The molecule has 5 nitrogen and oxygen atoms in total. The first-order chi connectivity index (χ1) is 10.4. The van der Waals surface area contributed by atoms with Gasteiger partial charge in [0.05, 0.1) is 0 Å². The van der Waals surface area contributed by atoms with Crippen molar-refractivity contribution >= 4 is 23.6 Å². The van der Waals surface area contributed by atoms with Crippen LogP contribution in [0.3, 0.4) is 0 Å². The highest BCUT2D eigenvalue weighted by molar-refractivity contribution is 8.01. The number of fused-ring (bicyclic) bond motifs is 1. The summed E-state index contributed by atoms with van der Waals surface area (Å²) in [6.45, 7) is 5.05. The average molecular weight is 319 g/mol. The van der Waals surface area contributed by atoms with Gasteiger partial charge in [0.1, 0.15) is 17.5 Å². The highest BCUT2D eigenvalue weighted by Crippen LogP contribution is 2.48. The van der Waals surface area contributed by atoms with Crippen LogP contribution in [0.5, 0.6) is 0 Å². The number of thioether (sulfide) groups is 1. The van der Waals surface area contributed by atoms with Crippen LogP contribution in [-0.2, 0) is 9.59 Å². The highest BCUT2D eigenvalue weighted by atomic mass is 32.2. The van der Waals surface area contributed by atoms with Gasteiger partial charge in [-0.05, 0) is 18.9 Å². The number of carbonyl (C=O) groups excluding carboxylic acids is 2. The zero-order valence-electron chi connectivity index (χ0n) is 12.8. The first-order valence-electron chi connectivity index (χ1n) is 7.54. The molecule has 2 aliphatic heterocycles. The van der Waals surface area contributed by atoms with Gasteiger partial charge in [-0.15, -0.1) is 11.8 Å². The number of benzene rings is 1. The van der Waals surface area contributed by atoms with E-state index < -0.39 is 12.1 Å². The number of hydrogen-bond acceptors (Lipinski definition) is 4. The molecular formula is C16H21N3O2S. The molecule has 0 spiro atoms. The molecule has 0 saturated carbocycles. The van der Waals surface area contributed by atoms with E-state index in [1.54, 1.807) is 11.8 Å². The largest absolute Gasteiger partial charge is 0.340 e. The van der Waals surface area contributed by atoms with Gasteiger partial charge < -0.3 is 16.0 Å². The van der Waals surface area contributed by atoms with E-state index in [4.69, 9.17) is 5.73 Å². The molecule has 6 heteroatoms. The number of amides is 2. The smallest absolute Gasteiger partial charge is 0.249 e.